The molecule has 84 valence electrons. The van der Waals surface area contributed by atoms with Crippen molar-refractivity contribution in [2.24, 2.45) is 0 Å². The van der Waals surface area contributed by atoms with Crippen LogP contribution in [-0.2, 0) is 11.3 Å². The van der Waals surface area contributed by atoms with Crippen LogP contribution in [0.25, 0.3) is 0 Å². The van der Waals surface area contributed by atoms with Crippen molar-refractivity contribution in [2.75, 3.05) is 19.0 Å². The van der Waals surface area contributed by atoms with Crippen molar-refractivity contribution in [3.8, 4) is 0 Å². The van der Waals surface area contributed by atoms with E-state index in [1.54, 1.807) is 7.11 Å². The highest BCUT2D eigenvalue weighted by Crippen LogP contribution is 2.14. The Bertz CT molecular complexity index is 320. The van der Waals surface area contributed by atoms with E-state index in [1.807, 2.05) is 6.92 Å². The van der Waals surface area contributed by atoms with Crippen LogP contribution in [0, 0.1) is 5.82 Å². The Hall–Kier alpha value is -1.20. The van der Waals surface area contributed by atoms with Gasteiger partial charge in [0.15, 0.2) is 11.6 Å². The van der Waals surface area contributed by atoms with Crippen LogP contribution in [0.15, 0.2) is 12.3 Å². The van der Waals surface area contributed by atoms with Crippen molar-refractivity contribution >= 4 is 5.82 Å². The molecule has 0 aliphatic carbocycles. The Morgan fingerprint density at radius 3 is 3.00 bits per heavy atom. The van der Waals surface area contributed by atoms with Crippen LogP contribution in [0.4, 0.5) is 10.2 Å². The molecule has 1 aromatic rings. The number of nitrogens with zero attached hydrogens (tertiary/aromatic N) is 1. The van der Waals surface area contributed by atoms with Crippen LogP contribution in [0.5, 0.6) is 0 Å². The van der Waals surface area contributed by atoms with Crippen LogP contribution in [-0.4, -0.2) is 29.8 Å². The van der Waals surface area contributed by atoms with E-state index in [0.29, 0.717) is 6.54 Å². The second-order valence-electron chi connectivity index (χ2n) is 3.22. The molecule has 5 heteroatoms. The normalized spacial score (nSPS) is 12.5. The van der Waals surface area contributed by atoms with E-state index < -0.39 is 5.82 Å². The molecule has 1 unspecified atom stereocenters. The highest BCUT2D eigenvalue weighted by molar-refractivity contribution is 5.39. The minimum Gasteiger partial charge on any atom is -0.392 e. The number of aliphatic hydroxyl groups excluding tert-OH is 1. The molecule has 0 saturated heterocycles. The van der Waals surface area contributed by atoms with E-state index in [-0.39, 0.29) is 24.1 Å². The lowest BCUT2D eigenvalue weighted by molar-refractivity contribution is 0.128. The highest BCUT2D eigenvalue weighted by Gasteiger charge is 2.09. The van der Waals surface area contributed by atoms with E-state index in [0.717, 1.165) is 0 Å². The van der Waals surface area contributed by atoms with Crippen molar-refractivity contribution < 1.29 is 14.2 Å². The van der Waals surface area contributed by atoms with Crippen molar-refractivity contribution in [3.63, 3.8) is 0 Å². The first-order valence-electron chi connectivity index (χ1n) is 4.70. The number of anilines is 1. The summed E-state index contributed by atoms with van der Waals surface area (Å²) in [6, 6.07) is 1.44. The molecule has 0 bridgehead atoms. The molecule has 0 fully saturated rings. The van der Waals surface area contributed by atoms with Gasteiger partial charge in [-0.1, -0.05) is 0 Å². The van der Waals surface area contributed by atoms with Crippen molar-refractivity contribution in [2.45, 2.75) is 19.6 Å². The largest absolute Gasteiger partial charge is 0.392 e. The lowest BCUT2D eigenvalue weighted by Gasteiger charge is -2.12. The molecule has 0 amide bonds. The maximum absolute atomic E-state index is 13.5. The van der Waals surface area contributed by atoms with Gasteiger partial charge in [-0.05, 0) is 13.0 Å². The molecule has 15 heavy (non-hydrogen) atoms. The zero-order valence-corrected chi connectivity index (χ0v) is 8.83. The van der Waals surface area contributed by atoms with E-state index in [9.17, 15) is 4.39 Å². The zero-order chi connectivity index (χ0) is 11.3. The topological polar surface area (TPSA) is 54.4 Å². The molecule has 1 heterocycles. The van der Waals surface area contributed by atoms with Crippen molar-refractivity contribution in [1.29, 1.82) is 0 Å². The SMILES string of the molecule is COC(C)CNc1nccc(CO)c1F. The van der Waals surface area contributed by atoms with Gasteiger partial charge in [0.2, 0.25) is 0 Å². The fraction of sp³-hybridized carbons (Fsp3) is 0.500. The maximum atomic E-state index is 13.5. The number of pyridine rings is 1. The Kier molecular flexibility index (Phi) is 4.45. The number of halogens is 1. The average Bonchev–Trinajstić information content (AvgIpc) is 2.27. The van der Waals surface area contributed by atoms with Gasteiger partial charge in [0.25, 0.3) is 0 Å². The summed E-state index contributed by atoms with van der Waals surface area (Å²) in [5.41, 5.74) is 0.234. The van der Waals surface area contributed by atoms with Crippen LogP contribution >= 0.6 is 0 Å². The number of ether oxygens (including phenoxy) is 1. The van der Waals surface area contributed by atoms with Crippen LogP contribution < -0.4 is 5.32 Å². The minimum absolute atomic E-state index is 0.0241. The monoisotopic (exact) mass is 214 g/mol. The molecular formula is C10H15FN2O2. The molecule has 2 N–H and O–H groups in total. The minimum atomic E-state index is -0.511. The molecule has 0 aromatic carbocycles. The summed E-state index contributed by atoms with van der Waals surface area (Å²) in [6.45, 7) is 2.00. The van der Waals surface area contributed by atoms with Crippen LogP contribution in [0.1, 0.15) is 12.5 Å². The molecular weight excluding hydrogens is 199 g/mol. The molecule has 0 aliphatic heterocycles. The van der Waals surface area contributed by atoms with E-state index >= 15 is 0 Å². The lowest BCUT2D eigenvalue weighted by atomic mass is 10.2. The molecule has 0 spiro atoms. The number of rotatable bonds is 5. The third-order valence-corrected chi connectivity index (χ3v) is 2.10. The Morgan fingerprint density at radius 1 is 1.67 bits per heavy atom. The first kappa shape index (κ1) is 11.9. The Morgan fingerprint density at radius 2 is 2.40 bits per heavy atom. The third-order valence-electron chi connectivity index (χ3n) is 2.10. The average molecular weight is 214 g/mol. The van der Waals surface area contributed by atoms with E-state index in [2.05, 4.69) is 10.3 Å². The molecule has 4 nitrogen and oxygen atoms in total. The fourth-order valence-electron chi connectivity index (χ4n) is 1.05. The quantitative estimate of drug-likeness (QED) is 0.772. The summed E-state index contributed by atoms with van der Waals surface area (Å²) >= 11 is 0. The Balaban J connectivity index is 2.68. The molecule has 1 atom stereocenters. The third kappa shape index (κ3) is 3.14. The molecule has 1 rings (SSSR count). The van der Waals surface area contributed by atoms with Gasteiger partial charge in [0.05, 0.1) is 12.7 Å². The summed E-state index contributed by atoms with van der Waals surface area (Å²) in [6.07, 6.45) is 1.43. The van der Waals surface area contributed by atoms with Crippen LogP contribution in [0.2, 0.25) is 0 Å². The van der Waals surface area contributed by atoms with Crippen molar-refractivity contribution in [1.82, 2.24) is 4.98 Å². The van der Waals surface area contributed by atoms with Gasteiger partial charge in [0, 0.05) is 25.4 Å². The molecule has 0 saturated carbocycles. The number of aromatic nitrogens is 1. The van der Waals surface area contributed by atoms with Crippen molar-refractivity contribution in [3.05, 3.63) is 23.6 Å². The van der Waals surface area contributed by atoms with Gasteiger partial charge in [-0.3, -0.25) is 0 Å². The van der Waals surface area contributed by atoms with Gasteiger partial charge in [0.1, 0.15) is 0 Å². The summed E-state index contributed by atoms with van der Waals surface area (Å²) in [5, 5.41) is 11.7. The number of hydrogen-bond acceptors (Lipinski definition) is 4. The number of methoxy groups -OCH3 is 1. The first-order chi connectivity index (χ1) is 7.19. The highest BCUT2D eigenvalue weighted by atomic mass is 19.1. The smallest absolute Gasteiger partial charge is 0.170 e. The first-order valence-corrected chi connectivity index (χ1v) is 4.70. The Labute approximate surface area is 88.1 Å². The summed E-state index contributed by atoms with van der Waals surface area (Å²) in [5.74, 6) is -0.367. The van der Waals surface area contributed by atoms with E-state index in [1.165, 1.54) is 12.3 Å². The summed E-state index contributed by atoms with van der Waals surface area (Å²) in [4.78, 5) is 3.84. The fourth-order valence-corrected chi connectivity index (χ4v) is 1.05. The second-order valence-corrected chi connectivity index (χ2v) is 3.22. The second kappa shape index (κ2) is 5.63. The standard InChI is InChI=1S/C10H15FN2O2/c1-7(15-2)5-13-10-9(11)8(6-14)3-4-12-10/h3-4,7,14H,5-6H2,1-2H3,(H,12,13). The molecule has 0 aliphatic rings. The van der Waals surface area contributed by atoms with Crippen LogP contribution in [0.3, 0.4) is 0 Å². The zero-order valence-electron chi connectivity index (χ0n) is 8.83. The number of nitrogens with one attached hydrogen (secondary N) is 1. The van der Waals surface area contributed by atoms with Gasteiger partial charge in [-0.25, -0.2) is 9.37 Å². The lowest BCUT2D eigenvalue weighted by Crippen LogP contribution is -2.19. The number of hydrogen-bond donors (Lipinski definition) is 2. The summed E-state index contributed by atoms with van der Waals surface area (Å²) in [7, 11) is 1.58. The van der Waals surface area contributed by atoms with Gasteiger partial charge < -0.3 is 15.2 Å². The molecule has 1 aromatic heterocycles. The van der Waals surface area contributed by atoms with E-state index in [4.69, 9.17) is 9.84 Å². The molecule has 0 radical (unpaired) electrons. The van der Waals surface area contributed by atoms with Gasteiger partial charge >= 0.3 is 0 Å². The maximum Gasteiger partial charge on any atom is 0.170 e. The predicted octanol–water partition coefficient (Wildman–Crippen LogP) is 1.16. The predicted molar refractivity (Wildman–Crippen MR) is 55.1 cm³/mol. The van der Waals surface area contributed by atoms with Gasteiger partial charge in [-0.15, -0.1) is 0 Å². The number of aliphatic hydroxyl groups is 1. The summed E-state index contributed by atoms with van der Waals surface area (Å²) < 4.78 is 18.5. The van der Waals surface area contributed by atoms with Gasteiger partial charge in [-0.2, -0.15) is 0 Å².